The Morgan fingerprint density at radius 2 is 1.87 bits per heavy atom. The van der Waals surface area contributed by atoms with Crippen molar-refractivity contribution in [1.82, 2.24) is 14.9 Å². The summed E-state index contributed by atoms with van der Waals surface area (Å²) in [6, 6.07) is 11.7. The zero-order valence-electron chi connectivity index (χ0n) is 16.6. The molecule has 8 nitrogen and oxygen atoms in total. The Hall–Kier alpha value is -2.43. The van der Waals surface area contributed by atoms with Crippen LogP contribution < -0.4 is 10.0 Å². The van der Waals surface area contributed by atoms with Crippen molar-refractivity contribution in [2.24, 2.45) is 0 Å². The summed E-state index contributed by atoms with van der Waals surface area (Å²) < 4.78 is 32.5. The third-order valence-electron chi connectivity index (χ3n) is 4.95. The summed E-state index contributed by atoms with van der Waals surface area (Å²) in [5.41, 5.74) is 0.922. The van der Waals surface area contributed by atoms with Crippen LogP contribution in [0.25, 0.3) is 0 Å². The molecule has 2 heterocycles. The number of likely N-dealkylation sites (tertiary alicyclic amines) is 1. The lowest BCUT2D eigenvalue weighted by Crippen LogP contribution is -2.53. The second-order valence-electron chi connectivity index (χ2n) is 7.03. The Balaban J connectivity index is 1.60. The molecule has 30 heavy (non-hydrogen) atoms. The van der Waals surface area contributed by atoms with Crippen LogP contribution in [0.2, 0.25) is 0 Å². The molecule has 1 aromatic carbocycles. The molecule has 2 amide bonds. The van der Waals surface area contributed by atoms with Gasteiger partial charge in [-0.2, -0.15) is 0 Å². The highest BCUT2D eigenvalue weighted by molar-refractivity contribution is 7.91. The van der Waals surface area contributed by atoms with Gasteiger partial charge in [0.15, 0.2) is 0 Å². The number of rotatable bonds is 7. The van der Waals surface area contributed by atoms with Gasteiger partial charge in [-0.1, -0.05) is 36.4 Å². The largest absolute Gasteiger partial charge is 0.453 e. The number of alkyl carbamates (subject to hydrolysis) is 1. The Kier molecular flexibility index (Phi) is 7.46. The minimum atomic E-state index is -3.54. The number of methoxy groups -OCH3 is 1. The molecule has 0 radical (unpaired) electrons. The molecule has 1 atom stereocenters. The van der Waals surface area contributed by atoms with Crippen LogP contribution in [0, 0.1) is 0 Å². The Bertz CT molecular complexity index is 940. The second-order valence-corrected chi connectivity index (χ2v) is 9.92. The smallest absolute Gasteiger partial charge is 0.407 e. The van der Waals surface area contributed by atoms with Crippen LogP contribution in [0.15, 0.2) is 52.1 Å². The number of carbonyl (C=O) groups excluding carboxylic acids is 2. The minimum Gasteiger partial charge on any atom is -0.453 e. The van der Waals surface area contributed by atoms with Gasteiger partial charge in [-0.05, 0) is 29.9 Å². The molecule has 1 aliphatic heterocycles. The first-order valence-electron chi connectivity index (χ1n) is 9.62. The second kappa shape index (κ2) is 10.1. The van der Waals surface area contributed by atoms with Gasteiger partial charge in [-0.25, -0.2) is 17.9 Å². The molecular formula is C20H25N3O5S2. The third kappa shape index (κ3) is 5.80. The van der Waals surface area contributed by atoms with E-state index in [1.165, 1.54) is 18.4 Å². The third-order valence-corrected chi connectivity index (χ3v) is 7.86. The molecule has 1 saturated heterocycles. The maximum atomic E-state index is 13.1. The normalized spacial score (nSPS) is 16.1. The van der Waals surface area contributed by atoms with Gasteiger partial charge in [-0.3, -0.25) is 4.79 Å². The van der Waals surface area contributed by atoms with E-state index in [2.05, 4.69) is 14.8 Å². The van der Waals surface area contributed by atoms with Crippen LogP contribution in [-0.2, 0) is 26.0 Å². The van der Waals surface area contributed by atoms with E-state index in [1.54, 1.807) is 22.4 Å². The molecule has 2 N–H and O–H groups in total. The minimum absolute atomic E-state index is 0.205. The van der Waals surface area contributed by atoms with Gasteiger partial charge >= 0.3 is 6.09 Å². The van der Waals surface area contributed by atoms with Crippen LogP contribution in [0.4, 0.5) is 4.79 Å². The van der Waals surface area contributed by atoms with E-state index in [-0.39, 0.29) is 16.2 Å². The van der Waals surface area contributed by atoms with E-state index in [0.29, 0.717) is 32.4 Å². The van der Waals surface area contributed by atoms with Crippen LogP contribution in [-0.4, -0.2) is 57.6 Å². The number of benzene rings is 1. The number of amides is 2. The van der Waals surface area contributed by atoms with Crippen LogP contribution in [0.5, 0.6) is 0 Å². The monoisotopic (exact) mass is 451 g/mol. The average Bonchev–Trinajstić information content (AvgIpc) is 3.30. The van der Waals surface area contributed by atoms with E-state index in [1.807, 2.05) is 30.3 Å². The number of piperidine rings is 1. The molecule has 1 aliphatic rings. The highest BCUT2D eigenvalue weighted by Gasteiger charge is 2.31. The molecule has 0 aliphatic carbocycles. The highest BCUT2D eigenvalue weighted by Crippen LogP contribution is 2.19. The van der Waals surface area contributed by atoms with Gasteiger partial charge in [0.25, 0.3) is 0 Å². The summed E-state index contributed by atoms with van der Waals surface area (Å²) >= 11 is 1.17. The molecule has 0 bridgehead atoms. The molecular weight excluding hydrogens is 426 g/mol. The quantitative estimate of drug-likeness (QED) is 0.670. The molecule has 0 saturated carbocycles. The summed E-state index contributed by atoms with van der Waals surface area (Å²) in [7, 11) is -2.28. The molecule has 0 spiro atoms. The van der Waals surface area contributed by atoms with E-state index in [9.17, 15) is 18.0 Å². The highest BCUT2D eigenvalue weighted by atomic mass is 32.2. The zero-order chi connectivity index (χ0) is 21.6. The van der Waals surface area contributed by atoms with Crippen LogP contribution in [0.3, 0.4) is 0 Å². The fraction of sp³-hybridized carbons (Fsp3) is 0.400. The number of hydrogen-bond donors (Lipinski definition) is 2. The number of ether oxygens (including phenoxy) is 1. The van der Waals surface area contributed by atoms with Gasteiger partial charge in [-0.15, -0.1) is 11.3 Å². The number of carbonyl (C=O) groups is 2. The molecule has 3 rings (SSSR count). The van der Waals surface area contributed by atoms with Crippen molar-refractivity contribution >= 4 is 33.4 Å². The van der Waals surface area contributed by atoms with Crippen molar-refractivity contribution in [3.8, 4) is 0 Å². The van der Waals surface area contributed by atoms with Crippen molar-refractivity contribution in [2.75, 3.05) is 20.2 Å². The van der Waals surface area contributed by atoms with Crippen LogP contribution >= 0.6 is 11.3 Å². The maximum Gasteiger partial charge on any atom is 0.407 e. The molecule has 10 heteroatoms. The lowest BCUT2D eigenvalue weighted by atomic mass is 10.0. The number of nitrogens with zero attached hydrogens (tertiary/aromatic N) is 1. The van der Waals surface area contributed by atoms with Gasteiger partial charge < -0.3 is 15.0 Å². The average molecular weight is 452 g/mol. The Morgan fingerprint density at radius 1 is 1.17 bits per heavy atom. The van der Waals surface area contributed by atoms with Crippen LogP contribution in [0.1, 0.15) is 18.4 Å². The molecule has 162 valence electrons. The zero-order valence-corrected chi connectivity index (χ0v) is 18.2. The topological polar surface area (TPSA) is 105 Å². The van der Waals surface area contributed by atoms with Gasteiger partial charge in [0.1, 0.15) is 10.3 Å². The number of hydrogen-bond acceptors (Lipinski definition) is 6. The SMILES string of the molecule is COC(=O)NC(Cc1ccccc1)C(=O)N1CCC(NS(=O)(=O)c2cccs2)CC1. The van der Waals surface area contributed by atoms with Gasteiger partial charge in [0.2, 0.25) is 15.9 Å². The predicted molar refractivity (Wildman–Crippen MR) is 114 cm³/mol. The summed E-state index contributed by atoms with van der Waals surface area (Å²) in [5, 5.41) is 4.34. The first-order chi connectivity index (χ1) is 14.4. The van der Waals surface area contributed by atoms with Crippen molar-refractivity contribution in [2.45, 2.75) is 35.6 Å². The van der Waals surface area contributed by atoms with Crippen molar-refractivity contribution < 1.29 is 22.7 Å². The lowest BCUT2D eigenvalue weighted by Gasteiger charge is -2.34. The first-order valence-corrected chi connectivity index (χ1v) is 12.0. The molecule has 1 fully saturated rings. The van der Waals surface area contributed by atoms with E-state index < -0.39 is 22.2 Å². The van der Waals surface area contributed by atoms with E-state index in [4.69, 9.17) is 0 Å². The number of nitrogens with one attached hydrogen (secondary N) is 2. The lowest BCUT2D eigenvalue weighted by molar-refractivity contribution is -0.134. The standard InChI is InChI=1S/C20H25N3O5S2/c1-28-20(25)21-17(14-15-6-3-2-4-7-15)19(24)23-11-9-16(10-12-23)22-30(26,27)18-8-5-13-29-18/h2-8,13,16-17,22H,9-12,14H2,1H3,(H,21,25). The number of sulfonamides is 1. The van der Waals surface area contributed by atoms with E-state index in [0.717, 1.165) is 5.56 Å². The summed E-state index contributed by atoms with van der Waals surface area (Å²) in [6.45, 7) is 0.815. The predicted octanol–water partition coefficient (Wildman–Crippen LogP) is 1.98. The maximum absolute atomic E-state index is 13.1. The summed E-state index contributed by atoms with van der Waals surface area (Å²) in [4.78, 5) is 26.5. The van der Waals surface area contributed by atoms with E-state index >= 15 is 0 Å². The van der Waals surface area contributed by atoms with Gasteiger partial charge in [0, 0.05) is 25.6 Å². The molecule has 2 aromatic rings. The van der Waals surface area contributed by atoms with Crippen molar-refractivity contribution in [1.29, 1.82) is 0 Å². The van der Waals surface area contributed by atoms with Crippen molar-refractivity contribution in [3.63, 3.8) is 0 Å². The summed E-state index contributed by atoms with van der Waals surface area (Å²) in [6.07, 6.45) is 0.696. The van der Waals surface area contributed by atoms with Crippen molar-refractivity contribution in [3.05, 3.63) is 53.4 Å². The van der Waals surface area contributed by atoms with Gasteiger partial charge in [0.05, 0.1) is 7.11 Å². The molecule has 1 unspecified atom stereocenters. The Labute approximate surface area is 180 Å². The Morgan fingerprint density at radius 3 is 2.47 bits per heavy atom. The number of thiophene rings is 1. The molecule has 1 aromatic heterocycles. The first kappa shape index (κ1) is 22.3. The fourth-order valence-electron chi connectivity index (χ4n) is 3.38. The fourth-order valence-corrected chi connectivity index (χ4v) is 5.70. The summed E-state index contributed by atoms with van der Waals surface area (Å²) in [5.74, 6) is -0.205.